The lowest BCUT2D eigenvalue weighted by atomic mass is 9.80. The molecule has 3 atom stereocenters. The molecule has 0 aliphatic heterocycles. The molecule has 3 rings (SSSR count). The number of nitrogens with one attached hydrogen (secondary N) is 1. The summed E-state index contributed by atoms with van der Waals surface area (Å²) in [6.07, 6.45) is 4.03. The lowest BCUT2D eigenvalue weighted by Crippen LogP contribution is -2.28. The Kier molecular flexibility index (Phi) is 10.5. The fraction of sp³-hybridized carbons (Fsp3) is 0.433. The van der Waals surface area contributed by atoms with E-state index in [0.717, 1.165) is 28.1 Å². The van der Waals surface area contributed by atoms with E-state index in [-0.39, 0.29) is 29.6 Å². The molecule has 1 fully saturated rings. The molecule has 2 aromatic carbocycles. The van der Waals surface area contributed by atoms with Gasteiger partial charge in [-0.2, -0.15) is 12.6 Å². The number of thiol groups is 1. The molecular weight excluding hydrogens is 525 g/mol. The average Bonchev–Trinajstić information content (AvgIpc) is 3.73. The first-order valence-electron chi connectivity index (χ1n) is 12.8. The third-order valence-corrected chi connectivity index (χ3v) is 8.37. The number of Topliss-reactive ketones (excluding diaryl/α,β-unsaturated/α-hetero) is 1. The highest BCUT2D eigenvalue weighted by Crippen LogP contribution is 2.42. The summed E-state index contributed by atoms with van der Waals surface area (Å²) in [4.78, 5) is 24.7. The highest BCUT2D eigenvalue weighted by molar-refractivity contribution is 7.80. The van der Waals surface area contributed by atoms with Gasteiger partial charge in [-0.1, -0.05) is 61.3 Å². The van der Waals surface area contributed by atoms with Crippen molar-refractivity contribution in [3.05, 3.63) is 74.8 Å². The Morgan fingerprint density at radius 2 is 1.76 bits per heavy atom. The van der Waals surface area contributed by atoms with Crippen molar-refractivity contribution in [1.82, 2.24) is 0 Å². The maximum absolute atomic E-state index is 13.3. The van der Waals surface area contributed by atoms with Crippen LogP contribution in [0.4, 0.5) is 0 Å². The molecule has 0 spiro atoms. The maximum atomic E-state index is 13.3. The number of carbonyl (C=O) groups excluding carboxylic acids is 1. The van der Waals surface area contributed by atoms with Gasteiger partial charge in [0, 0.05) is 21.7 Å². The van der Waals surface area contributed by atoms with Crippen molar-refractivity contribution in [1.29, 1.82) is 5.41 Å². The largest absolute Gasteiger partial charge is 0.481 e. The van der Waals surface area contributed by atoms with Crippen LogP contribution in [-0.2, 0) is 16.0 Å². The van der Waals surface area contributed by atoms with Crippen LogP contribution in [0, 0.1) is 23.2 Å². The topological polar surface area (TPSA) is 78.2 Å². The zero-order chi connectivity index (χ0) is 27.3. The van der Waals surface area contributed by atoms with Crippen molar-refractivity contribution >= 4 is 58.9 Å². The van der Waals surface area contributed by atoms with E-state index in [9.17, 15) is 14.7 Å². The van der Waals surface area contributed by atoms with Crippen LogP contribution in [0.25, 0.3) is 5.57 Å². The molecule has 4 nitrogen and oxygen atoms in total. The standard InChI is InChI=1S/C30H35Cl2NO3S/c1-4-19(14-23-8-7-22(15-26(23)32)20-5-6-20)27(21-9-11-25(31)12-10-21)18(3)28(33)29(34)17(2)13-24(16-37)30(35)36/h7-12,15,17,19-20,24,33,37H,4-6,13-14,16H2,1-3H3,(H,35,36). The summed E-state index contributed by atoms with van der Waals surface area (Å²) in [5.74, 6) is -1.91. The lowest BCUT2D eigenvalue weighted by Gasteiger charge is -2.24. The number of benzene rings is 2. The van der Waals surface area contributed by atoms with Crippen LogP contribution in [0.1, 0.15) is 69.1 Å². The third kappa shape index (κ3) is 7.49. The second-order valence-corrected chi connectivity index (χ2v) is 11.3. The summed E-state index contributed by atoms with van der Waals surface area (Å²) in [5, 5.41) is 19.6. The number of hydrogen-bond donors (Lipinski definition) is 3. The van der Waals surface area contributed by atoms with E-state index >= 15 is 0 Å². The van der Waals surface area contributed by atoms with Crippen molar-refractivity contribution < 1.29 is 14.7 Å². The SMILES string of the molecule is CCC(Cc1ccc(C2CC2)cc1Cl)C(=C(C)C(=N)C(=O)C(C)CC(CS)C(=O)O)c1ccc(Cl)cc1. The molecule has 0 amide bonds. The normalized spacial score (nSPS) is 16.5. The number of carbonyl (C=O) groups is 2. The number of allylic oxidation sites excluding steroid dienone is 2. The summed E-state index contributed by atoms with van der Waals surface area (Å²) >= 11 is 17.0. The first kappa shape index (κ1) is 29.5. The minimum atomic E-state index is -0.981. The molecule has 2 aromatic rings. The van der Waals surface area contributed by atoms with Crippen LogP contribution >= 0.6 is 35.8 Å². The summed E-state index contributed by atoms with van der Waals surface area (Å²) in [7, 11) is 0. The average molecular weight is 561 g/mol. The Hall–Kier alpha value is -2.08. The molecule has 0 aromatic heterocycles. The molecule has 0 bridgehead atoms. The predicted molar refractivity (Wildman–Crippen MR) is 156 cm³/mol. The summed E-state index contributed by atoms with van der Waals surface area (Å²) in [6, 6.07) is 13.8. The monoisotopic (exact) mass is 559 g/mol. The van der Waals surface area contributed by atoms with Gasteiger partial charge < -0.3 is 5.11 Å². The predicted octanol–water partition coefficient (Wildman–Crippen LogP) is 8.16. The number of aliphatic carboxylic acids is 1. The van der Waals surface area contributed by atoms with Gasteiger partial charge in [0.1, 0.15) is 5.71 Å². The molecule has 198 valence electrons. The molecule has 2 N–H and O–H groups in total. The van der Waals surface area contributed by atoms with Crippen LogP contribution in [0.5, 0.6) is 0 Å². The lowest BCUT2D eigenvalue weighted by molar-refractivity contribution is -0.141. The second-order valence-electron chi connectivity index (χ2n) is 10.1. The van der Waals surface area contributed by atoms with Crippen molar-refractivity contribution in [3.8, 4) is 0 Å². The molecule has 3 unspecified atom stereocenters. The van der Waals surface area contributed by atoms with Gasteiger partial charge in [-0.25, -0.2) is 0 Å². The fourth-order valence-electron chi connectivity index (χ4n) is 4.86. The number of hydrogen-bond acceptors (Lipinski definition) is 4. The number of rotatable bonds is 13. The fourth-order valence-corrected chi connectivity index (χ4v) is 5.55. The van der Waals surface area contributed by atoms with Gasteiger partial charge in [0.2, 0.25) is 0 Å². The first-order valence-corrected chi connectivity index (χ1v) is 14.2. The minimum absolute atomic E-state index is 0.0121. The van der Waals surface area contributed by atoms with Crippen molar-refractivity contribution in [2.75, 3.05) is 5.75 Å². The zero-order valence-electron chi connectivity index (χ0n) is 21.6. The maximum Gasteiger partial charge on any atom is 0.307 e. The van der Waals surface area contributed by atoms with Crippen LogP contribution in [0.3, 0.4) is 0 Å². The Labute approximate surface area is 235 Å². The van der Waals surface area contributed by atoms with Crippen LogP contribution in [0.2, 0.25) is 10.0 Å². The number of carboxylic acids is 1. The molecule has 1 aliphatic rings. The first-order chi connectivity index (χ1) is 17.6. The number of carboxylic acid groups (broad SMARTS) is 1. The van der Waals surface area contributed by atoms with E-state index in [4.69, 9.17) is 28.6 Å². The third-order valence-electron chi connectivity index (χ3n) is 7.33. The highest BCUT2D eigenvalue weighted by atomic mass is 35.5. The Balaban J connectivity index is 1.96. The summed E-state index contributed by atoms with van der Waals surface area (Å²) < 4.78 is 0. The van der Waals surface area contributed by atoms with E-state index in [1.165, 1.54) is 18.4 Å². The minimum Gasteiger partial charge on any atom is -0.481 e. The summed E-state index contributed by atoms with van der Waals surface area (Å²) in [5.41, 5.74) is 4.65. The molecule has 0 saturated heterocycles. The van der Waals surface area contributed by atoms with Gasteiger partial charge in [0.05, 0.1) is 5.92 Å². The van der Waals surface area contributed by atoms with Crippen molar-refractivity contribution in [2.45, 2.75) is 58.8 Å². The second kappa shape index (κ2) is 13.1. The van der Waals surface area contributed by atoms with Crippen LogP contribution in [-0.4, -0.2) is 28.3 Å². The number of ketones is 1. The van der Waals surface area contributed by atoms with Crippen LogP contribution < -0.4 is 0 Å². The molecular formula is C30H35Cl2NO3S. The quantitative estimate of drug-likeness (QED) is 0.171. The zero-order valence-corrected chi connectivity index (χ0v) is 24.0. The number of halogens is 2. The molecule has 1 aliphatic carbocycles. The molecule has 0 heterocycles. The van der Waals surface area contributed by atoms with Gasteiger partial charge in [-0.05, 0) is 96.9 Å². The summed E-state index contributed by atoms with van der Waals surface area (Å²) in [6.45, 7) is 5.59. The van der Waals surface area contributed by atoms with Gasteiger partial charge in [-0.15, -0.1) is 0 Å². The van der Waals surface area contributed by atoms with E-state index in [1.807, 2.05) is 31.2 Å². The van der Waals surface area contributed by atoms with Crippen molar-refractivity contribution in [2.24, 2.45) is 17.8 Å². The van der Waals surface area contributed by atoms with Gasteiger partial charge in [-0.3, -0.25) is 15.0 Å². The molecule has 37 heavy (non-hydrogen) atoms. The Morgan fingerprint density at radius 1 is 1.11 bits per heavy atom. The van der Waals surface area contributed by atoms with Gasteiger partial charge in [0.25, 0.3) is 0 Å². The smallest absolute Gasteiger partial charge is 0.307 e. The van der Waals surface area contributed by atoms with E-state index in [2.05, 4.69) is 37.8 Å². The Bertz CT molecular complexity index is 1190. The molecule has 7 heteroatoms. The molecule has 1 saturated carbocycles. The van der Waals surface area contributed by atoms with Gasteiger partial charge in [0.15, 0.2) is 5.78 Å². The Morgan fingerprint density at radius 3 is 2.27 bits per heavy atom. The van der Waals surface area contributed by atoms with E-state index in [1.54, 1.807) is 6.92 Å². The van der Waals surface area contributed by atoms with E-state index in [0.29, 0.717) is 22.9 Å². The highest BCUT2D eigenvalue weighted by Gasteiger charge is 2.29. The van der Waals surface area contributed by atoms with Gasteiger partial charge >= 0.3 is 5.97 Å². The van der Waals surface area contributed by atoms with Crippen molar-refractivity contribution in [3.63, 3.8) is 0 Å². The van der Waals surface area contributed by atoms with Crippen LogP contribution in [0.15, 0.2) is 48.0 Å². The molecule has 0 radical (unpaired) electrons. The van der Waals surface area contributed by atoms with E-state index < -0.39 is 17.8 Å².